The molecule has 1 amide bonds. The molecular weight excluding hydrogens is 364 g/mol. The molecule has 2 aromatic rings. The maximum atomic E-state index is 12.8. The van der Waals surface area contributed by atoms with E-state index >= 15 is 0 Å². The van der Waals surface area contributed by atoms with Crippen LogP contribution in [0.5, 0.6) is 11.5 Å². The van der Waals surface area contributed by atoms with Crippen LogP contribution in [0.2, 0.25) is 0 Å². The number of amides is 1. The zero-order valence-electron chi connectivity index (χ0n) is 17.3. The summed E-state index contributed by atoms with van der Waals surface area (Å²) in [6, 6.07) is 14.5. The highest BCUT2D eigenvalue weighted by atomic mass is 16.5. The highest BCUT2D eigenvalue weighted by Crippen LogP contribution is 2.34. The molecule has 2 aromatic carbocycles. The normalized spacial score (nSPS) is 17.3. The van der Waals surface area contributed by atoms with E-state index in [0.29, 0.717) is 19.8 Å². The van der Waals surface area contributed by atoms with Crippen molar-refractivity contribution >= 4 is 5.91 Å². The molecule has 2 aliphatic heterocycles. The second kappa shape index (κ2) is 8.87. The van der Waals surface area contributed by atoms with Crippen LogP contribution in [-0.2, 0) is 17.8 Å². The Balaban J connectivity index is 1.42. The summed E-state index contributed by atoms with van der Waals surface area (Å²) in [5.74, 6) is 1.89. The van der Waals surface area contributed by atoms with Crippen molar-refractivity contribution in [1.29, 1.82) is 0 Å². The van der Waals surface area contributed by atoms with Gasteiger partial charge in [-0.3, -0.25) is 9.69 Å². The second-order valence-corrected chi connectivity index (χ2v) is 8.28. The van der Waals surface area contributed by atoms with E-state index in [1.165, 1.54) is 11.1 Å². The van der Waals surface area contributed by atoms with Crippen LogP contribution in [-0.4, -0.2) is 37.1 Å². The molecule has 5 heteroatoms. The topological polar surface area (TPSA) is 50.8 Å². The molecule has 0 saturated carbocycles. The lowest BCUT2D eigenvalue weighted by atomic mass is 9.95. The molecule has 1 N–H and O–H groups in total. The fourth-order valence-electron chi connectivity index (χ4n) is 4.12. The Hall–Kier alpha value is -2.53. The van der Waals surface area contributed by atoms with E-state index in [0.717, 1.165) is 43.0 Å². The van der Waals surface area contributed by atoms with Gasteiger partial charge >= 0.3 is 0 Å². The summed E-state index contributed by atoms with van der Waals surface area (Å²) in [5.41, 5.74) is 3.79. The molecule has 2 aliphatic rings. The number of ether oxygens (including phenoxy) is 2. The highest BCUT2D eigenvalue weighted by molar-refractivity contribution is 5.78. The van der Waals surface area contributed by atoms with E-state index in [4.69, 9.17) is 9.47 Å². The van der Waals surface area contributed by atoms with E-state index in [1.54, 1.807) is 0 Å². The van der Waals surface area contributed by atoms with Gasteiger partial charge in [0.15, 0.2) is 11.5 Å². The number of fused-ring (bicyclic) bond motifs is 2. The van der Waals surface area contributed by atoms with Crippen molar-refractivity contribution in [3.05, 3.63) is 59.2 Å². The first-order valence-corrected chi connectivity index (χ1v) is 10.6. The Labute approximate surface area is 173 Å². The summed E-state index contributed by atoms with van der Waals surface area (Å²) in [7, 11) is 0. The van der Waals surface area contributed by atoms with Gasteiger partial charge in [0.2, 0.25) is 5.91 Å². The number of hydrogen-bond donors (Lipinski definition) is 1. The Bertz CT molecular complexity index is 865. The molecule has 0 fully saturated rings. The Morgan fingerprint density at radius 2 is 1.83 bits per heavy atom. The van der Waals surface area contributed by atoms with Crippen molar-refractivity contribution in [3.63, 3.8) is 0 Å². The summed E-state index contributed by atoms with van der Waals surface area (Å²) in [4.78, 5) is 15.1. The minimum atomic E-state index is -0.0586. The van der Waals surface area contributed by atoms with Crippen molar-refractivity contribution in [2.75, 3.05) is 26.3 Å². The van der Waals surface area contributed by atoms with Crippen LogP contribution in [0, 0.1) is 5.92 Å². The van der Waals surface area contributed by atoms with Gasteiger partial charge in [-0.05, 0) is 41.2 Å². The zero-order valence-corrected chi connectivity index (χ0v) is 17.3. The number of carbonyl (C=O) groups is 1. The van der Waals surface area contributed by atoms with Crippen LogP contribution < -0.4 is 14.8 Å². The van der Waals surface area contributed by atoms with Gasteiger partial charge < -0.3 is 14.8 Å². The second-order valence-electron chi connectivity index (χ2n) is 8.28. The maximum Gasteiger partial charge on any atom is 0.234 e. The maximum absolute atomic E-state index is 12.8. The standard InChI is InChI=1S/C24H30N2O3/c1-17(2)24(19-8-9-21-22(14-19)29-13-5-12-28-21)25-23(27)16-26-11-10-18-6-3-4-7-20(18)15-26/h3-4,6-9,14,17,24H,5,10-13,15-16H2,1-2H3,(H,25,27)/t24-/m1/s1. The lowest BCUT2D eigenvalue weighted by molar-refractivity contribution is -0.123. The SMILES string of the molecule is CC(C)[C@@H](NC(=O)CN1CCc2ccccc2C1)c1ccc2c(c1)OCCCO2. The fraction of sp³-hybridized carbons (Fsp3) is 0.458. The highest BCUT2D eigenvalue weighted by Gasteiger charge is 2.23. The van der Waals surface area contributed by atoms with Crippen LogP contribution in [0.25, 0.3) is 0 Å². The van der Waals surface area contributed by atoms with E-state index in [-0.39, 0.29) is 17.9 Å². The zero-order chi connectivity index (χ0) is 20.2. The third kappa shape index (κ3) is 4.73. The van der Waals surface area contributed by atoms with Crippen LogP contribution in [0.1, 0.15) is 43.0 Å². The van der Waals surface area contributed by atoms with Crippen molar-refractivity contribution in [1.82, 2.24) is 10.2 Å². The molecule has 5 nitrogen and oxygen atoms in total. The van der Waals surface area contributed by atoms with Crippen molar-refractivity contribution in [2.45, 2.75) is 39.3 Å². The van der Waals surface area contributed by atoms with E-state index < -0.39 is 0 Å². The molecule has 0 radical (unpaired) electrons. The van der Waals surface area contributed by atoms with Crippen molar-refractivity contribution < 1.29 is 14.3 Å². The van der Waals surface area contributed by atoms with Gasteiger partial charge in [0, 0.05) is 19.5 Å². The molecule has 0 aromatic heterocycles. The Morgan fingerprint density at radius 1 is 1.07 bits per heavy atom. The molecule has 0 saturated heterocycles. The quantitative estimate of drug-likeness (QED) is 0.840. The molecule has 4 rings (SSSR count). The third-order valence-electron chi connectivity index (χ3n) is 5.69. The van der Waals surface area contributed by atoms with Crippen LogP contribution >= 0.6 is 0 Å². The fourth-order valence-corrected chi connectivity index (χ4v) is 4.12. The largest absolute Gasteiger partial charge is 0.490 e. The van der Waals surface area contributed by atoms with E-state index in [2.05, 4.69) is 48.3 Å². The van der Waals surface area contributed by atoms with Gasteiger partial charge in [-0.1, -0.05) is 44.2 Å². The smallest absolute Gasteiger partial charge is 0.234 e. The van der Waals surface area contributed by atoms with E-state index in [1.807, 2.05) is 18.2 Å². The van der Waals surface area contributed by atoms with Gasteiger partial charge in [-0.25, -0.2) is 0 Å². The number of nitrogens with zero attached hydrogens (tertiary/aromatic N) is 1. The molecule has 0 unspecified atom stereocenters. The van der Waals surface area contributed by atoms with Gasteiger partial charge in [0.05, 0.1) is 25.8 Å². The number of hydrogen-bond acceptors (Lipinski definition) is 4. The average Bonchev–Trinajstić information content (AvgIpc) is 2.96. The Morgan fingerprint density at radius 3 is 2.62 bits per heavy atom. The number of rotatable bonds is 5. The van der Waals surface area contributed by atoms with Gasteiger partial charge in [-0.2, -0.15) is 0 Å². The summed E-state index contributed by atoms with van der Waals surface area (Å²) in [5, 5.41) is 3.25. The summed E-state index contributed by atoms with van der Waals surface area (Å²) < 4.78 is 11.6. The molecule has 29 heavy (non-hydrogen) atoms. The van der Waals surface area contributed by atoms with Gasteiger partial charge in [0.25, 0.3) is 0 Å². The van der Waals surface area contributed by atoms with Gasteiger partial charge in [-0.15, -0.1) is 0 Å². The first-order chi connectivity index (χ1) is 14.1. The van der Waals surface area contributed by atoms with E-state index in [9.17, 15) is 4.79 Å². The molecule has 2 heterocycles. The summed E-state index contributed by atoms with van der Waals surface area (Å²) in [6.07, 6.45) is 1.88. The predicted octanol–water partition coefficient (Wildman–Crippen LogP) is 3.72. The van der Waals surface area contributed by atoms with Crippen LogP contribution in [0.3, 0.4) is 0 Å². The number of carbonyl (C=O) groups excluding carboxylic acids is 1. The molecule has 154 valence electrons. The molecule has 0 bridgehead atoms. The average molecular weight is 395 g/mol. The first-order valence-electron chi connectivity index (χ1n) is 10.6. The van der Waals surface area contributed by atoms with Crippen LogP contribution in [0.15, 0.2) is 42.5 Å². The lowest BCUT2D eigenvalue weighted by Gasteiger charge is -2.30. The molecule has 1 atom stereocenters. The van der Waals surface area contributed by atoms with Gasteiger partial charge in [0.1, 0.15) is 0 Å². The monoisotopic (exact) mass is 394 g/mol. The minimum Gasteiger partial charge on any atom is -0.490 e. The third-order valence-corrected chi connectivity index (χ3v) is 5.69. The minimum absolute atomic E-state index is 0.0586. The summed E-state index contributed by atoms with van der Waals surface area (Å²) in [6.45, 7) is 7.76. The predicted molar refractivity (Wildman–Crippen MR) is 113 cm³/mol. The molecule has 0 aliphatic carbocycles. The lowest BCUT2D eigenvalue weighted by Crippen LogP contribution is -2.42. The van der Waals surface area contributed by atoms with Crippen molar-refractivity contribution in [3.8, 4) is 11.5 Å². The van der Waals surface area contributed by atoms with Crippen molar-refractivity contribution in [2.24, 2.45) is 5.92 Å². The number of nitrogens with one attached hydrogen (secondary N) is 1. The Kier molecular flexibility index (Phi) is 6.05. The number of benzene rings is 2. The summed E-state index contributed by atoms with van der Waals surface area (Å²) >= 11 is 0. The van der Waals surface area contributed by atoms with Crippen LogP contribution in [0.4, 0.5) is 0 Å². The first kappa shape index (κ1) is 19.8. The molecule has 0 spiro atoms. The molecular formula is C24H30N2O3.